The molecule has 232 valence electrons. The lowest BCUT2D eigenvalue weighted by Crippen LogP contribution is -2.32. The largest absolute Gasteiger partial charge is 0.449 e. The van der Waals surface area contributed by atoms with Crippen molar-refractivity contribution in [2.24, 2.45) is 0 Å². The number of hydrogen-bond donors (Lipinski definition) is 0. The topological polar surface area (TPSA) is 166 Å². The first-order valence-electron chi connectivity index (χ1n) is 14.7. The lowest BCUT2D eigenvalue weighted by Gasteiger charge is -2.31. The molecule has 2 aliphatic rings. The molecule has 0 bridgehead atoms. The maximum atomic E-state index is 12.2. The van der Waals surface area contributed by atoms with Crippen LogP contribution in [0.2, 0.25) is 0 Å². The van der Waals surface area contributed by atoms with Gasteiger partial charge in [0, 0.05) is 35.4 Å². The number of ether oxygens (including phenoxy) is 2. The fourth-order valence-electron chi connectivity index (χ4n) is 7.17. The van der Waals surface area contributed by atoms with Crippen molar-refractivity contribution in [1.29, 1.82) is 0 Å². The maximum absolute atomic E-state index is 12.2. The number of furan rings is 2. The Morgan fingerprint density at radius 1 is 0.362 bits per heavy atom. The van der Waals surface area contributed by atoms with Gasteiger partial charge in [-0.25, -0.2) is 19.2 Å². The van der Waals surface area contributed by atoms with E-state index in [1.54, 1.807) is 12.1 Å². The summed E-state index contributed by atoms with van der Waals surface area (Å²) < 4.78 is 48.0. The average Bonchev–Trinajstić information content (AvgIpc) is 3.61. The van der Waals surface area contributed by atoms with E-state index in [4.69, 9.17) is 36.0 Å². The first-order chi connectivity index (χ1) is 22.3. The highest BCUT2D eigenvalue weighted by Gasteiger charge is 2.60. The Hall–Kier alpha value is -5.72. The predicted octanol–water partition coefficient (Wildman–Crippen LogP) is 6.34. The third-order valence-electron chi connectivity index (χ3n) is 9.27. The van der Waals surface area contributed by atoms with Crippen LogP contribution in [0, 0.1) is 0 Å². The smallest absolute Gasteiger partial charge is 0.347 e. The molecule has 4 aromatic carbocycles. The molecular formula is C35H20O12. The van der Waals surface area contributed by atoms with Gasteiger partial charge in [-0.1, -0.05) is 0 Å². The van der Waals surface area contributed by atoms with Crippen molar-refractivity contribution < 1.29 is 36.0 Å². The summed E-state index contributed by atoms with van der Waals surface area (Å²) in [5, 5.41) is 0.412. The second-order valence-corrected chi connectivity index (χ2v) is 13.0. The molecule has 0 saturated carbocycles. The van der Waals surface area contributed by atoms with E-state index in [9.17, 15) is 19.2 Å². The number of fused-ring (bicyclic) bond motifs is 10. The van der Waals surface area contributed by atoms with Gasteiger partial charge in [0.25, 0.3) is 0 Å². The SMILES string of the molecule is CC1(C)OC2(OC(C)(C)c3cc4oc5cc6c(=O)oc(=O)c6cc5oc4cc32)c2cc3oc4cc5c(=O)oc(=O)c5cc4oc3cc21. The molecule has 12 nitrogen and oxygen atoms in total. The van der Waals surface area contributed by atoms with Gasteiger partial charge < -0.3 is 36.0 Å². The van der Waals surface area contributed by atoms with E-state index in [0.29, 0.717) is 33.5 Å². The minimum atomic E-state index is -1.41. The van der Waals surface area contributed by atoms with E-state index in [1.165, 1.54) is 24.3 Å². The number of benzene rings is 4. The Morgan fingerprint density at radius 3 is 0.915 bits per heavy atom. The number of rotatable bonds is 0. The first-order valence-corrected chi connectivity index (χ1v) is 14.7. The summed E-state index contributed by atoms with van der Waals surface area (Å²) in [6, 6.07) is 13.0. The lowest BCUT2D eigenvalue weighted by atomic mass is 9.88. The second-order valence-electron chi connectivity index (χ2n) is 13.0. The van der Waals surface area contributed by atoms with Crippen molar-refractivity contribution >= 4 is 66.2 Å². The zero-order valence-electron chi connectivity index (χ0n) is 25.0. The summed E-state index contributed by atoms with van der Waals surface area (Å²) >= 11 is 0. The van der Waals surface area contributed by atoms with Gasteiger partial charge in [-0.15, -0.1) is 0 Å². The molecule has 10 rings (SSSR count). The Morgan fingerprint density at radius 2 is 0.617 bits per heavy atom. The Bertz CT molecular complexity index is 2800. The van der Waals surface area contributed by atoms with Gasteiger partial charge in [-0.2, -0.15) is 0 Å². The molecular weight excluding hydrogens is 612 g/mol. The Balaban J connectivity index is 1.23. The zero-order valence-corrected chi connectivity index (χ0v) is 25.0. The molecule has 0 amide bonds. The molecule has 4 aromatic heterocycles. The molecule has 0 unspecified atom stereocenters. The van der Waals surface area contributed by atoms with E-state index in [0.717, 1.165) is 11.1 Å². The summed E-state index contributed by atoms with van der Waals surface area (Å²) in [7, 11) is 0. The summed E-state index contributed by atoms with van der Waals surface area (Å²) in [6.45, 7) is 7.68. The van der Waals surface area contributed by atoms with Crippen molar-refractivity contribution in [2.45, 2.75) is 44.7 Å². The molecule has 47 heavy (non-hydrogen) atoms. The van der Waals surface area contributed by atoms with Crippen molar-refractivity contribution in [3.63, 3.8) is 0 Å². The molecule has 12 heteroatoms. The van der Waals surface area contributed by atoms with Gasteiger partial charge >= 0.3 is 22.5 Å². The van der Waals surface area contributed by atoms with Crippen LogP contribution in [0.25, 0.3) is 66.2 Å². The van der Waals surface area contributed by atoms with Crippen LogP contribution in [0.5, 0.6) is 0 Å². The van der Waals surface area contributed by atoms with Crippen molar-refractivity contribution in [2.75, 3.05) is 0 Å². The van der Waals surface area contributed by atoms with Gasteiger partial charge in [0.2, 0.25) is 5.79 Å². The maximum Gasteiger partial charge on any atom is 0.347 e. The minimum Gasteiger partial charge on any atom is -0.449 e. The van der Waals surface area contributed by atoms with Crippen LogP contribution in [-0.2, 0) is 26.5 Å². The molecule has 0 atom stereocenters. The van der Waals surface area contributed by atoms with Gasteiger partial charge in [-0.05, 0) is 63.1 Å². The third-order valence-corrected chi connectivity index (χ3v) is 9.27. The normalized spacial score (nSPS) is 17.6. The Kier molecular flexibility index (Phi) is 4.50. The fraction of sp³-hybridized carbons (Fsp3) is 0.200. The molecule has 0 radical (unpaired) electrons. The molecule has 0 saturated heterocycles. The average molecular weight is 633 g/mol. The molecule has 0 fully saturated rings. The van der Waals surface area contributed by atoms with Crippen LogP contribution in [0.1, 0.15) is 49.9 Å². The molecule has 0 aliphatic carbocycles. The number of hydrogen-bond acceptors (Lipinski definition) is 12. The molecule has 6 heterocycles. The molecule has 1 spiro atoms. The van der Waals surface area contributed by atoms with Gasteiger partial charge in [0.1, 0.15) is 0 Å². The van der Waals surface area contributed by atoms with E-state index in [2.05, 4.69) is 0 Å². The van der Waals surface area contributed by atoms with Crippen LogP contribution in [-0.4, -0.2) is 0 Å². The lowest BCUT2D eigenvalue weighted by molar-refractivity contribution is -0.277. The van der Waals surface area contributed by atoms with Crippen LogP contribution in [0.4, 0.5) is 0 Å². The zero-order chi connectivity index (χ0) is 32.4. The van der Waals surface area contributed by atoms with Crippen molar-refractivity contribution in [3.8, 4) is 0 Å². The van der Waals surface area contributed by atoms with Crippen LogP contribution < -0.4 is 22.5 Å². The van der Waals surface area contributed by atoms with Crippen molar-refractivity contribution in [1.82, 2.24) is 0 Å². The molecule has 8 aromatic rings. The monoisotopic (exact) mass is 632 g/mol. The molecule has 2 aliphatic heterocycles. The molecule has 0 N–H and O–H groups in total. The van der Waals surface area contributed by atoms with Crippen molar-refractivity contribution in [3.05, 3.63) is 112 Å². The minimum absolute atomic E-state index is 0.0970. The van der Waals surface area contributed by atoms with Crippen LogP contribution >= 0.6 is 0 Å². The fourth-order valence-corrected chi connectivity index (χ4v) is 7.17. The van der Waals surface area contributed by atoms with E-state index >= 15 is 0 Å². The quantitative estimate of drug-likeness (QED) is 0.171. The summed E-state index contributed by atoms with van der Waals surface area (Å²) in [5.74, 6) is -1.41. The van der Waals surface area contributed by atoms with Crippen LogP contribution in [0.15, 0.2) is 94.2 Å². The standard InChI is InChI=1S/C35H20O12/c1-33(2)17-9-25-27(42-23-7-15-13(5-21(23)40-25)29(36)44-31(15)38)11-19(17)35(46-33)20-12-28-26(10-18(20)34(3,4)47-35)41-22-6-14-16(8-24(22)43-28)32(39)45-30(14)37/h5-12H,1-4H3. The Labute approximate surface area is 259 Å². The van der Waals surface area contributed by atoms with E-state index < -0.39 is 39.5 Å². The van der Waals surface area contributed by atoms with E-state index in [1.807, 2.05) is 39.8 Å². The van der Waals surface area contributed by atoms with Gasteiger partial charge in [0.05, 0.1) is 32.7 Å². The highest BCUT2D eigenvalue weighted by molar-refractivity contribution is 5.95. The third kappa shape index (κ3) is 3.27. The second kappa shape index (κ2) is 7.97. The summed E-state index contributed by atoms with van der Waals surface area (Å²) in [6.07, 6.45) is 0. The van der Waals surface area contributed by atoms with Crippen LogP contribution in [0.3, 0.4) is 0 Å². The summed E-state index contributed by atoms with van der Waals surface area (Å²) in [4.78, 5) is 48.7. The highest BCUT2D eigenvalue weighted by Crippen LogP contribution is 2.60. The highest BCUT2D eigenvalue weighted by atomic mass is 16.7. The van der Waals surface area contributed by atoms with Gasteiger partial charge in [-0.3, -0.25) is 0 Å². The van der Waals surface area contributed by atoms with E-state index in [-0.39, 0.29) is 43.9 Å². The first kappa shape index (κ1) is 26.5. The predicted molar refractivity (Wildman–Crippen MR) is 166 cm³/mol. The summed E-state index contributed by atoms with van der Waals surface area (Å²) in [5.41, 5.74) is 0.707. The van der Waals surface area contributed by atoms with Gasteiger partial charge in [0.15, 0.2) is 44.7 Å².